The van der Waals surface area contributed by atoms with Crippen molar-refractivity contribution >= 4 is 15.7 Å². The van der Waals surface area contributed by atoms with Gasteiger partial charge in [0.05, 0.1) is 4.90 Å². The minimum absolute atomic E-state index is 0.0271. The summed E-state index contributed by atoms with van der Waals surface area (Å²) in [5.74, 6) is -2.84. The Balaban J connectivity index is 2.18. The van der Waals surface area contributed by atoms with Gasteiger partial charge < -0.3 is 0 Å². The first kappa shape index (κ1) is 18.5. The van der Waals surface area contributed by atoms with Gasteiger partial charge in [-0.1, -0.05) is 18.2 Å². The molecule has 0 aromatic heterocycles. The van der Waals surface area contributed by atoms with Crippen molar-refractivity contribution in [2.24, 2.45) is 5.92 Å². The Morgan fingerprint density at radius 2 is 1.65 bits per heavy atom. The van der Waals surface area contributed by atoms with Crippen LogP contribution in [0.2, 0.25) is 0 Å². The molecule has 4 nitrogen and oxygen atoms in total. The zero-order chi connectivity index (χ0) is 18.9. The fourth-order valence-corrected chi connectivity index (χ4v) is 5.89. The highest BCUT2D eigenvalue weighted by molar-refractivity contribution is 7.92. The van der Waals surface area contributed by atoms with Gasteiger partial charge in [-0.15, -0.1) is 0 Å². The highest BCUT2D eigenvalue weighted by Crippen LogP contribution is 2.49. The predicted molar refractivity (Wildman–Crippen MR) is 91.7 cm³/mol. The number of sulfone groups is 1. The molecule has 1 radical (unpaired) electrons. The fraction of sp³-hybridized carbons (Fsp3) is 0.316. The van der Waals surface area contributed by atoms with E-state index < -0.39 is 38.0 Å². The summed E-state index contributed by atoms with van der Waals surface area (Å²) in [6, 6.07) is 10.5. The maximum atomic E-state index is 14.6. The third-order valence-corrected chi connectivity index (χ3v) is 7.70. The first-order valence-electron chi connectivity index (χ1n) is 8.28. The van der Waals surface area contributed by atoms with Crippen LogP contribution in [0.5, 0.6) is 0 Å². The summed E-state index contributed by atoms with van der Waals surface area (Å²) >= 11 is 0. The summed E-state index contributed by atoms with van der Waals surface area (Å²) in [5.41, 5.74) is 7.07. The average molecular weight is 378 g/mol. The van der Waals surface area contributed by atoms with Crippen molar-refractivity contribution in [3.05, 3.63) is 65.7 Å². The van der Waals surface area contributed by atoms with Gasteiger partial charge in [-0.25, -0.2) is 17.2 Å². The molecule has 1 aliphatic rings. The number of hydrogen-bond acceptors (Lipinski definition) is 3. The normalized spacial score (nSPS) is 23.5. The van der Waals surface area contributed by atoms with E-state index in [4.69, 9.17) is 5.73 Å². The Bertz CT molecular complexity index is 921. The van der Waals surface area contributed by atoms with Crippen LogP contribution in [-0.4, -0.2) is 14.3 Å². The standard InChI is InChI=1S/C19H18F2NO3S/c20-14-6-7-17(21)16(12-14)19(10-8-13(9-11-19)18(22)23)26(24,25)15-4-2-1-3-5-15/h1-7,12-13,22H,8-11H2. The van der Waals surface area contributed by atoms with Crippen LogP contribution in [0.1, 0.15) is 31.2 Å². The molecule has 2 aromatic carbocycles. The molecule has 1 N–H and O–H groups in total. The van der Waals surface area contributed by atoms with Crippen molar-refractivity contribution in [3.8, 4) is 0 Å². The van der Waals surface area contributed by atoms with Crippen molar-refractivity contribution < 1.29 is 22.0 Å². The van der Waals surface area contributed by atoms with E-state index in [0.717, 1.165) is 18.2 Å². The van der Waals surface area contributed by atoms with Gasteiger partial charge in [0.1, 0.15) is 16.4 Å². The second-order valence-corrected chi connectivity index (χ2v) is 8.83. The van der Waals surface area contributed by atoms with E-state index in [-0.39, 0.29) is 36.1 Å². The Morgan fingerprint density at radius 3 is 2.23 bits per heavy atom. The zero-order valence-electron chi connectivity index (χ0n) is 13.9. The third-order valence-electron chi connectivity index (χ3n) is 5.15. The van der Waals surface area contributed by atoms with Crippen LogP contribution in [0.25, 0.3) is 0 Å². The van der Waals surface area contributed by atoms with Gasteiger partial charge in [-0.05, 0) is 56.0 Å². The van der Waals surface area contributed by atoms with Gasteiger partial charge in [0.25, 0.3) is 0 Å². The molecule has 0 spiro atoms. The number of hydrogen-bond donors (Lipinski definition) is 0. The zero-order valence-corrected chi connectivity index (χ0v) is 14.7. The van der Waals surface area contributed by atoms with Crippen molar-refractivity contribution in [3.63, 3.8) is 0 Å². The molecule has 1 fully saturated rings. The molecule has 3 rings (SSSR count). The molecular formula is C19H18F2NO3S. The van der Waals surface area contributed by atoms with E-state index >= 15 is 0 Å². The molecule has 1 aliphatic carbocycles. The van der Waals surface area contributed by atoms with Gasteiger partial charge in [-0.2, -0.15) is 0 Å². The molecule has 2 aromatic rings. The number of nitrogens with one attached hydrogen (secondary N) is 1. The largest absolute Gasteiger partial charge is 0.273 e. The van der Waals surface area contributed by atoms with Gasteiger partial charge in [0.15, 0.2) is 9.84 Å². The highest BCUT2D eigenvalue weighted by Gasteiger charge is 2.50. The summed E-state index contributed by atoms with van der Waals surface area (Å²) < 4.78 is 53.6. The van der Waals surface area contributed by atoms with Crippen LogP contribution < -0.4 is 5.73 Å². The maximum Gasteiger partial charge on any atom is 0.241 e. The molecule has 0 unspecified atom stereocenters. The first-order chi connectivity index (χ1) is 12.3. The summed E-state index contributed by atoms with van der Waals surface area (Å²) in [6.07, 6.45) is 0.203. The van der Waals surface area contributed by atoms with Crippen molar-refractivity contribution in [1.29, 1.82) is 0 Å². The maximum absolute atomic E-state index is 14.6. The van der Waals surface area contributed by atoms with Crippen molar-refractivity contribution in [2.75, 3.05) is 0 Å². The summed E-state index contributed by atoms with van der Waals surface area (Å²) in [6.45, 7) is 0. The molecule has 137 valence electrons. The molecule has 0 atom stereocenters. The van der Waals surface area contributed by atoms with Crippen LogP contribution in [0, 0.1) is 17.6 Å². The van der Waals surface area contributed by atoms with E-state index in [0.29, 0.717) is 0 Å². The molecule has 26 heavy (non-hydrogen) atoms. The van der Waals surface area contributed by atoms with E-state index in [1.165, 1.54) is 12.1 Å². The molecule has 0 saturated heterocycles. The summed E-state index contributed by atoms with van der Waals surface area (Å²) in [4.78, 5) is 11.4. The first-order valence-corrected chi connectivity index (χ1v) is 9.77. The monoisotopic (exact) mass is 378 g/mol. The van der Waals surface area contributed by atoms with Gasteiger partial charge in [0, 0.05) is 11.5 Å². The predicted octanol–water partition coefficient (Wildman–Crippen LogP) is 3.63. The molecule has 1 saturated carbocycles. The molecule has 7 heteroatoms. The van der Waals surface area contributed by atoms with E-state index in [1.807, 2.05) is 0 Å². The molecular weight excluding hydrogens is 360 g/mol. The molecule has 0 heterocycles. The Morgan fingerprint density at radius 1 is 1.04 bits per heavy atom. The second-order valence-electron chi connectivity index (χ2n) is 6.57. The lowest BCUT2D eigenvalue weighted by Crippen LogP contribution is -2.42. The van der Waals surface area contributed by atoms with Crippen molar-refractivity contribution in [1.82, 2.24) is 5.73 Å². The van der Waals surface area contributed by atoms with Gasteiger partial charge in [0.2, 0.25) is 5.91 Å². The lowest BCUT2D eigenvalue weighted by molar-refractivity contribution is -0.123. The Kier molecular flexibility index (Phi) is 4.84. The second kappa shape index (κ2) is 6.79. The quantitative estimate of drug-likeness (QED) is 0.815. The van der Waals surface area contributed by atoms with Gasteiger partial charge in [-0.3, -0.25) is 10.5 Å². The van der Waals surface area contributed by atoms with Crippen molar-refractivity contribution in [2.45, 2.75) is 35.3 Å². The number of halogens is 2. The minimum Gasteiger partial charge on any atom is -0.273 e. The number of carbonyl (C=O) groups excluding carboxylic acids is 1. The van der Waals surface area contributed by atoms with Crippen LogP contribution >= 0.6 is 0 Å². The lowest BCUT2D eigenvalue weighted by atomic mass is 9.77. The highest BCUT2D eigenvalue weighted by atomic mass is 32.2. The van der Waals surface area contributed by atoms with Crippen LogP contribution in [0.4, 0.5) is 8.78 Å². The number of carbonyl (C=O) groups is 1. The van der Waals surface area contributed by atoms with Crippen LogP contribution in [-0.2, 0) is 19.4 Å². The minimum atomic E-state index is -4.04. The van der Waals surface area contributed by atoms with E-state index in [9.17, 15) is 22.0 Å². The molecule has 0 aliphatic heterocycles. The van der Waals surface area contributed by atoms with E-state index in [1.54, 1.807) is 18.2 Å². The summed E-state index contributed by atoms with van der Waals surface area (Å²) in [7, 11) is -4.04. The Labute approximate surface area is 150 Å². The van der Waals surface area contributed by atoms with Crippen LogP contribution in [0.15, 0.2) is 53.4 Å². The fourth-order valence-electron chi connectivity index (χ4n) is 3.70. The average Bonchev–Trinajstić information content (AvgIpc) is 2.64. The smallest absolute Gasteiger partial charge is 0.241 e. The SMILES string of the molecule is [NH]C(=O)C1CCC(c2cc(F)ccc2F)(S(=O)(=O)c2ccccc2)CC1. The topological polar surface area (TPSA) is 75.0 Å². The Hall–Kier alpha value is -2.28. The number of rotatable bonds is 4. The number of benzene rings is 2. The number of amides is 1. The molecule has 1 amide bonds. The third kappa shape index (κ3) is 3.00. The van der Waals surface area contributed by atoms with E-state index in [2.05, 4.69) is 0 Å². The van der Waals surface area contributed by atoms with Gasteiger partial charge >= 0.3 is 0 Å². The molecule has 0 bridgehead atoms. The van der Waals surface area contributed by atoms with Crippen LogP contribution in [0.3, 0.4) is 0 Å². The summed E-state index contributed by atoms with van der Waals surface area (Å²) in [5, 5.41) is 0. The lowest BCUT2D eigenvalue weighted by Gasteiger charge is -2.39.